The molecule has 0 aliphatic carbocycles. The van der Waals surface area contributed by atoms with Crippen LogP contribution in [-0.4, -0.2) is 5.97 Å². The quantitative estimate of drug-likeness (QED) is 0.595. The molecule has 0 saturated carbocycles. The molecule has 1 aromatic rings. The Hall–Kier alpha value is -1.09. The van der Waals surface area contributed by atoms with Crippen molar-refractivity contribution in [3.8, 4) is 0 Å². The first-order chi connectivity index (χ1) is 9.61. The lowest BCUT2D eigenvalue weighted by atomic mass is 9.97. The van der Waals surface area contributed by atoms with Crippen LogP contribution in [0, 0.1) is 17.3 Å². The van der Waals surface area contributed by atoms with E-state index < -0.39 is 5.41 Å². The Morgan fingerprint density at radius 1 is 1.23 bits per heavy atom. The minimum Gasteiger partial charge on any atom is -1.00 e. The predicted octanol–water partition coefficient (Wildman–Crippen LogP) is 0.921. The second kappa shape index (κ2) is 8.52. The number of ether oxygens (including phenoxy) is 1. The largest absolute Gasteiger partial charge is 1.00 e. The second-order valence-corrected chi connectivity index (χ2v) is 7.55. The number of halogens is 1. The lowest BCUT2D eigenvalue weighted by Crippen LogP contribution is -3.00. The summed E-state index contributed by atoms with van der Waals surface area (Å²) in [6.07, 6.45) is 4.84. The Bertz CT molecular complexity index is 478. The molecule has 0 spiro atoms. The summed E-state index contributed by atoms with van der Waals surface area (Å²) in [6, 6.07) is 4.15. The monoisotopic (exact) mass is 327 g/mol. The molecule has 0 fully saturated rings. The number of hydrogen-bond acceptors (Lipinski definition) is 2. The molecule has 1 heterocycles. The van der Waals surface area contributed by atoms with Crippen LogP contribution in [0.25, 0.3) is 0 Å². The minimum atomic E-state index is -0.483. The Labute approximate surface area is 141 Å². The first-order valence-corrected chi connectivity index (χ1v) is 7.82. The van der Waals surface area contributed by atoms with Crippen molar-refractivity contribution >= 4 is 5.97 Å². The van der Waals surface area contributed by atoms with E-state index in [-0.39, 0.29) is 30.5 Å². The number of esters is 1. The van der Waals surface area contributed by atoms with E-state index >= 15 is 0 Å². The van der Waals surface area contributed by atoms with E-state index in [9.17, 15) is 4.79 Å². The molecule has 1 rings (SSSR count). The molecule has 3 nitrogen and oxygen atoms in total. The van der Waals surface area contributed by atoms with Gasteiger partial charge in [-0.25, -0.2) is 0 Å². The zero-order valence-electron chi connectivity index (χ0n) is 14.9. The van der Waals surface area contributed by atoms with Crippen LogP contribution in [0.2, 0.25) is 0 Å². The lowest BCUT2D eigenvalue weighted by Gasteiger charge is -2.22. The Balaban J connectivity index is 0.00000441. The van der Waals surface area contributed by atoms with Crippen molar-refractivity contribution in [1.29, 1.82) is 0 Å². The predicted molar refractivity (Wildman–Crippen MR) is 84.6 cm³/mol. The molecule has 0 aliphatic rings. The molecule has 22 heavy (non-hydrogen) atoms. The maximum absolute atomic E-state index is 12.2. The van der Waals surface area contributed by atoms with Gasteiger partial charge in [-0.15, -0.1) is 0 Å². The van der Waals surface area contributed by atoms with Gasteiger partial charge in [0, 0.05) is 11.6 Å². The molecule has 0 radical (unpaired) electrons. The summed E-state index contributed by atoms with van der Waals surface area (Å²) in [5.74, 6) is 0.661. The molecule has 1 atom stereocenters. The van der Waals surface area contributed by atoms with Crippen LogP contribution >= 0.6 is 0 Å². The lowest BCUT2D eigenvalue weighted by molar-refractivity contribution is -0.764. The first kappa shape index (κ1) is 20.9. The van der Waals surface area contributed by atoms with Crippen molar-refractivity contribution < 1.29 is 26.5 Å². The molecule has 0 amide bonds. The van der Waals surface area contributed by atoms with E-state index in [0.29, 0.717) is 5.92 Å². The third-order valence-corrected chi connectivity index (χ3v) is 3.23. The summed E-state index contributed by atoms with van der Waals surface area (Å²) in [4.78, 5) is 12.2. The zero-order valence-corrected chi connectivity index (χ0v) is 15.6. The van der Waals surface area contributed by atoms with Crippen LogP contribution in [0.5, 0.6) is 0 Å². The summed E-state index contributed by atoms with van der Waals surface area (Å²) in [5, 5.41) is 0. The van der Waals surface area contributed by atoms with Crippen molar-refractivity contribution in [2.45, 2.75) is 61.1 Å². The Morgan fingerprint density at radius 3 is 2.27 bits per heavy atom. The highest BCUT2D eigenvalue weighted by molar-refractivity contribution is 5.75. The second-order valence-electron chi connectivity index (χ2n) is 7.55. The SMILES string of the molecule is CC(C)Cc1ccc[n+](C(OC(=O)C(C)(C)C)C(C)C)c1.[Cl-]. The van der Waals surface area contributed by atoms with Gasteiger partial charge in [-0.1, -0.05) is 27.7 Å². The van der Waals surface area contributed by atoms with Gasteiger partial charge < -0.3 is 17.1 Å². The molecule has 0 aromatic carbocycles. The smallest absolute Gasteiger partial charge is 0.316 e. The van der Waals surface area contributed by atoms with Crippen LogP contribution in [0.4, 0.5) is 0 Å². The van der Waals surface area contributed by atoms with E-state index in [1.54, 1.807) is 0 Å². The topological polar surface area (TPSA) is 30.2 Å². The van der Waals surface area contributed by atoms with Crippen molar-refractivity contribution in [1.82, 2.24) is 0 Å². The van der Waals surface area contributed by atoms with Gasteiger partial charge in [0.25, 0.3) is 0 Å². The highest BCUT2D eigenvalue weighted by atomic mass is 35.5. The number of aromatic nitrogens is 1. The molecule has 0 N–H and O–H groups in total. The number of rotatable bonds is 5. The van der Waals surface area contributed by atoms with Crippen LogP contribution in [0.15, 0.2) is 24.5 Å². The number of carbonyl (C=O) groups is 1. The van der Waals surface area contributed by atoms with Gasteiger partial charge in [0.1, 0.15) is 0 Å². The first-order valence-electron chi connectivity index (χ1n) is 7.82. The van der Waals surface area contributed by atoms with Crippen molar-refractivity contribution in [3.05, 3.63) is 30.1 Å². The number of nitrogens with zero attached hydrogens (tertiary/aromatic N) is 1. The third-order valence-electron chi connectivity index (χ3n) is 3.23. The van der Waals surface area contributed by atoms with Gasteiger partial charge in [0.15, 0.2) is 12.4 Å². The molecule has 126 valence electrons. The van der Waals surface area contributed by atoms with E-state index in [4.69, 9.17) is 4.74 Å². The van der Waals surface area contributed by atoms with Crippen LogP contribution in [0.3, 0.4) is 0 Å². The average molecular weight is 328 g/mol. The van der Waals surface area contributed by atoms with Gasteiger partial charge >= 0.3 is 12.2 Å². The fraction of sp³-hybridized carbons (Fsp3) is 0.667. The third kappa shape index (κ3) is 6.35. The normalized spacial score (nSPS) is 13.0. The van der Waals surface area contributed by atoms with E-state index in [1.165, 1.54) is 5.56 Å². The summed E-state index contributed by atoms with van der Waals surface area (Å²) in [5.41, 5.74) is 0.786. The number of carbonyl (C=O) groups excluding carboxylic acids is 1. The molecule has 0 saturated heterocycles. The van der Waals surface area contributed by atoms with Gasteiger partial charge in [-0.2, -0.15) is 4.57 Å². The molecular weight excluding hydrogens is 298 g/mol. The van der Waals surface area contributed by atoms with Crippen molar-refractivity contribution in [2.24, 2.45) is 17.3 Å². The van der Waals surface area contributed by atoms with Gasteiger partial charge in [-0.05, 0) is 39.2 Å². The highest BCUT2D eigenvalue weighted by Crippen LogP contribution is 2.21. The van der Waals surface area contributed by atoms with Gasteiger partial charge in [0.2, 0.25) is 0 Å². The summed E-state index contributed by atoms with van der Waals surface area (Å²) in [7, 11) is 0. The molecule has 1 unspecified atom stereocenters. The van der Waals surface area contributed by atoms with Crippen molar-refractivity contribution in [3.63, 3.8) is 0 Å². The number of hydrogen-bond donors (Lipinski definition) is 0. The van der Waals surface area contributed by atoms with Crippen LogP contribution < -0.4 is 17.0 Å². The molecular formula is C18H30ClNO2. The minimum absolute atomic E-state index is 0. The van der Waals surface area contributed by atoms with Crippen LogP contribution in [0.1, 0.15) is 60.3 Å². The summed E-state index contributed by atoms with van der Waals surface area (Å²) in [6.45, 7) is 14.2. The van der Waals surface area contributed by atoms with E-state index in [2.05, 4.69) is 40.0 Å². The maximum Gasteiger partial charge on any atom is 0.316 e. The number of pyridine rings is 1. The molecule has 4 heteroatoms. The summed E-state index contributed by atoms with van der Waals surface area (Å²) < 4.78 is 7.77. The van der Waals surface area contributed by atoms with E-state index in [0.717, 1.165) is 6.42 Å². The Kier molecular flexibility index (Phi) is 8.10. The van der Waals surface area contributed by atoms with Crippen LogP contribution in [-0.2, 0) is 16.0 Å². The summed E-state index contributed by atoms with van der Waals surface area (Å²) >= 11 is 0. The Morgan fingerprint density at radius 2 is 1.82 bits per heavy atom. The van der Waals surface area contributed by atoms with Gasteiger partial charge in [0.05, 0.1) is 11.3 Å². The van der Waals surface area contributed by atoms with Crippen molar-refractivity contribution in [2.75, 3.05) is 0 Å². The zero-order chi connectivity index (χ0) is 16.2. The average Bonchev–Trinajstić information content (AvgIpc) is 2.33. The maximum atomic E-state index is 12.2. The highest BCUT2D eigenvalue weighted by Gasteiger charge is 2.32. The molecule has 0 aliphatic heterocycles. The standard InChI is InChI=1S/C18H30NO2.ClH/c1-13(2)11-15-9-8-10-19(12-15)16(14(3)4)21-17(20)18(5,6)7;/h8-10,12-14,16H,11H2,1-7H3;1H/q+1;/p-1. The fourth-order valence-corrected chi connectivity index (χ4v) is 2.12. The van der Waals surface area contributed by atoms with E-state index in [1.807, 2.05) is 37.6 Å². The molecule has 0 bridgehead atoms. The fourth-order valence-electron chi connectivity index (χ4n) is 2.12. The molecule has 1 aromatic heterocycles. The van der Waals surface area contributed by atoms with Gasteiger partial charge in [-0.3, -0.25) is 4.79 Å².